The van der Waals surface area contributed by atoms with Crippen LogP contribution in [-0.2, 0) is 0 Å². The van der Waals surface area contributed by atoms with E-state index in [1.54, 1.807) is 5.57 Å². The van der Waals surface area contributed by atoms with Gasteiger partial charge < -0.3 is 0 Å². The second-order valence-electron chi connectivity index (χ2n) is 4.47. The number of benzene rings is 1. The highest BCUT2D eigenvalue weighted by molar-refractivity contribution is 5.80. The molecule has 0 unspecified atom stereocenters. The molecule has 16 heavy (non-hydrogen) atoms. The zero-order chi connectivity index (χ0) is 10.8. The van der Waals surface area contributed by atoms with Crippen molar-refractivity contribution in [1.29, 1.82) is 0 Å². The summed E-state index contributed by atoms with van der Waals surface area (Å²) in [6, 6.07) is 10.5. The number of hydrogen-bond donors (Lipinski definition) is 0. The molecule has 80 valence electrons. The van der Waals surface area contributed by atoms with Crippen molar-refractivity contribution in [2.45, 2.75) is 25.7 Å². The van der Waals surface area contributed by atoms with Crippen molar-refractivity contribution in [2.75, 3.05) is 0 Å². The molecule has 1 nitrogen and oxygen atoms in total. The molecule has 1 heteroatoms. The zero-order valence-electron chi connectivity index (χ0n) is 9.32. The van der Waals surface area contributed by atoms with Crippen molar-refractivity contribution in [3.05, 3.63) is 47.7 Å². The Labute approximate surface area is 95.8 Å². The van der Waals surface area contributed by atoms with Crippen LogP contribution in [0.15, 0.2) is 42.1 Å². The van der Waals surface area contributed by atoms with Gasteiger partial charge in [-0.3, -0.25) is 4.98 Å². The molecular formula is C15H15N. The summed E-state index contributed by atoms with van der Waals surface area (Å²) in [6.45, 7) is 0. The third kappa shape index (κ3) is 1.85. The Balaban J connectivity index is 2.01. The van der Waals surface area contributed by atoms with E-state index >= 15 is 0 Å². The second-order valence-corrected chi connectivity index (χ2v) is 4.47. The predicted octanol–water partition coefficient (Wildman–Crippen LogP) is 4.19. The number of fused-ring (bicyclic) bond motifs is 1. The fraction of sp³-hybridized carbons (Fsp3) is 0.267. The summed E-state index contributed by atoms with van der Waals surface area (Å²) in [6.07, 6.45) is 9.54. The Bertz CT molecular complexity index is 532. The third-order valence-corrected chi connectivity index (χ3v) is 3.23. The molecule has 0 bridgehead atoms. The molecule has 0 aliphatic heterocycles. The van der Waals surface area contributed by atoms with Crippen LogP contribution in [-0.4, -0.2) is 4.98 Å². The molecule has 0 atom stereocenters. The summed E-state index contributed by atoms with van der Waals surface area (Å²) in [4.78, 5) is 4.48. The largest absolute Gasteiger partial charge is 0.256 e. The molecule has 1 aromatic heterocycles. The zero-order valence-corrected chi connectivity index (χ0v) is 9.32. The van der Waals surface area contributed by atoms with Gasteiger partial charge in [0.1, 0.15) is 0 Å². The molecule has 0 saturated heterocycles. The highest BCUT2D eigenvalue weighted by atomic mass is 14.6. The molecule has 1 heterocycles. The van der Waals surface area contributed by atoms with Crippen molar-refractivity contribution in [2.24, 2.45) is 0 Å². The van der Waals surface area contributed by atoms with Crippen molar-refractivity contribution in [1.82, 2.24) is 4.98 Å². The fourth-order valence-electron chi connectivity index (χ4n) is 2.38. The average Bonchev–Trinajstić information content (AvgIpc) is 2.82. The maximum Gasteiger partial charge on any atom is 0.0702 e. The molecule has 1 aliphatic rings. The molecule has 3 rings (SSSR count). The monoisotopic (exact) mass is 209 g/mol. The molecule has 0 spiro atoms. The lowest BCUT2D eigenvalue weighted by Crippen LogP contribution is -1.81. The number of aromatic nitrogens is 1. The van der Waals surface area contributed by atoms with E-state index in [1.165, 1.54) is 36.6 Å². The van der Waals surface area contributed by atoms with Crippen LogP contribution < -0.4 is 0 Å². The minimum Gasteiger partial charge on any atom is -0.256 e. The fourth-order valence-corrected chi connectivity index (χ4v) is 2.38. The first-order valence-electron chi connectivity index (χ1n) is 5.96. The van der Waals surface area contributed by atoms with Crippen LogP contribution in [0.5, 0.6) is 0 Å². The van der Waals surface area contributed by atoms with Gasteiger partial charge in [-0.2, -0.15) is 0 Å². The van der Waals surface area contributed by atoms with Gasteiger partial charge in [0, 0.05) is 11.6 Å². The lowest BCUT2D eigenvalue weighted by molar-refractivity contribution is 0.886. The van der Waals surface area contributed by atoms with Gasteiger partial charge in [0.05, 0.1) is 5.52 Å². The standard InChI is InChI=1S/C15H15N/c1-2-6-12(5-1)9-13-10-14-7-3-4-8-15(14)16-11-13/h3-4,7-11H,1-2,5-6H2. The number of para-hydroxylation sites is 1. The van der Waals surface area contributed by atoms with Crippen LogP contribution in [0, 0.1) is 0 Å². The number of pyridine rings is 1. The Morgan fingerprint density at radius 1 is 1.06 bits per heavy atom. The molecule has 2 aromatic rings. The van der Waals surface area contributed by atoms with Crippen molar-refractivity contribution in [3.63, 3.8) is 0 Å². The predicted molar refractivity (Wildman–Crippen MR) is 68.2 cm³/mol. The first-order chi connectivity index (χ1) is 7.92. The van der Waals surface area contributed by atoms with Crippen LogP contribution >= 0.6 is 0 Å². The van der Waals surface area contributed by atoms with Crippen molar-refractivity contribution < 1.29 is 0 Å². The average molecular weight is 209 g/mol. The Hall–Kier alpha value is -1.63. The van der Waals surface area contributed by atoms with Gasteiger partial charge in [-0.1, -0.05) is 29.8 Å². The maximum absolute atomic E-state index is 4.48. The summed E-state index contributed by atoms with van der Waals surface area (Å²) in [5.41, 5.74) is 3.91. The molecule has 0 amide bonds. The second kappa shape index (κ2) is 4.09. The van der Waals surface area contributed by atoms with E-state index in [2.05, 4.69) is 35.3 Å². The molecular weight excluding hydrogens is 194 g/mol. The molecule has 0 radical (unpaired) electrons. The number of nitrogens with zero attached hydrogens (tertiary/aromatic N) is 1. The third-order valence-electron chi connectivity index (χ3n) is 3.23. The summed E-state index contributed by atoms with van der Waals surface area (Å²) in [5, 5.41) is 1.23. The lowest BCUT2D eigenvalue weighted by atomic mass is 10.1. The first kappa shape index (κ1) is 9.59. The van der Waals surface area contributed by atoms with Gasteiger partial charge in [-0.25, -0.2) is 0 Å². The minimum absolute atomic E-state index is 1.08. The Morgan fingerprint density at radius 3 is 2.75 bits per heavy atom. The van der Waals surface area contributed by atoms with Gasteiger partial charge in [-0.15, -0.1) is 0 Å². The van der Waals surface area contributed by atoms with E-state index in [0.717, 1.165) is 5.52 Å². The normalized spacial score (nSPS) is 15.6. The van der Waals surface area contributed by atoms with Gasteiger partial charge in [0.2, 0.25) is 0 Å². The van der Waals surface area contributed by atoms with Gasteiger partial charge >= 0.3 is 0 Å². The number of hydrogen-bond acceptors (Lipinski definition) is 1. The quantitative estimate of drug-likeness (QED) is 0.686. The smallest absolute Gasteiger partial charge is 0.0702 e. The summed E-state index contributed by atoms with van der Waals surface area (Å²) in [5.74, 6) is 0. The van der Waals surface area contributed by atoms with Crippen LogP contribution in [0.25, 0.3) is 17.0 Å². The topological polar surface area (TPSA) is 12.9 Å². The van der Waals surface area contributed by atoms with Crippen molar-refractivity contribution in [3.8, 4) is 0 Å². The van der Waals surface area contributed by atoms with Crippen LogP contribution in [0.3, 0.4) is 0 Å². The highest BCUT2D eigenvalue weighted by Crippen LogP contribution is 2.26. The van der Waals surface area contributed by atoms with E-state index in [0.29, 0.717) is 0 Å². The summed E-state index contributed by atoms with van der Waals surface area (Å²) >= 11 is 0. The van der Waals surface area contributed by atoms with Crippen LogP contribution in [0.4, 0.5) is 0 Å². The van der Waals surface area contributed by atoms with Crippen LogP contribution in [0.1, 0.15) is 31.2 Å². The van der Waals surface area contributed by atoms with E-state index in [1.807, 2.05) is 12.3 Å². The van der Waals surface area contributed by atoms with Crippen LogP contribution in [0.2, 0.25) is 0 Å². The molecule has 0 N–H and O–H groups in total. The number of rotatable bonds is 1. The van der Waals surface area contributed by atoms with Gasteiger partial charge in [0.15, 0.2) is 0 Å². The highest BCUT2D eigenvalue weighted by Gasteiger charge is 2.06. The molecule has 1 aromatic carbocycles. The van der Waals surface area contributed by atoms with E-state index < -0.39 is 0 Å². The Kier molecular flexibility index (Phi) is 2.45. The van der Waals surface area contributed by atoms with E-state index in [-0.39, 0.29) is 0 Å². The SMILES string of the molecule is C(=C1CCCC1)c1cnc2ccccc2c1. The number of allylic oxidation sites excluding steroid dienone is 1. The maximum atomic E-state index is 4.48. The molecule has 1 saturated carbocycles. The Morgan fingerprint density at radius 2 is 1.88 bits per heavy atom. The van der Waals surface area contributed by atoms with E-state index in [9.17, 15) is 0 Å². The first-order valence-corrected chi connectivity index (χ1v) is 5.96. The molecule has 1 aliphatic carbocycles. The minimum atomic E-state index is 1.08. The summed E-state index contributed by atoms with van der Waals surface area (Å²) in [7, 11) is 0. The van der Waals surface area contributed by atoms with Crippen molar-refractivity contribution >= 4 is 17.0 Å². The molecule has 1 fully saturated rings. The van der Waals surface area contributed by atoms with Gasteiger partial charge in [0.25, 0.3) is 0 Å². The summed E-state index contributed by atoms with van der Waals surface area (Å²) < 4.78 is 0. The lowest BCUT2D eigenvalue weighted by Gasteiger charge is -2.00. The van der Waals surface area contributed by atoms with Gasteiger partial charge in [-0.05, 0) is 43.4 Å². The van der Waals surface area contributed by atoms with E-state index in [4.69, 9.17) is 0 Å².